The van der Waals surface area contributed by atoms with E-state index in [-0.39, 0.29) is 11.4 Å². The molecule has 0 unspecified atom stereocenters. The van der Waals surface area contributed by atoms with Crippen LogP contribution in [0.2, 0.25) is 0 Å². The van der Waals surface area contributed by atoms with E-state index in [9.17, 15) is 9.59 Å². The molecule has 11 nitrogen and oxygen atoms in total. The zero-order valence-electron chi connectivity index (χ0n) is 15.4. The Morgan fingerprint density at radius 2 is 1.48 bits per heavy atom. The summed E-state index contributed by atoms with van der Waals surface area (Å²) >= 11 is 0. The van der Waals surface area contributed by atoms with E-state index >= 15 is 0 Å². The van der Waals surface area contributed by atoms with Crippen molar-refractivity contribution in [3.8, 4) is 0 Å². The quantitative estimate of drug-likeness (QED) is 0.238. The fourth-order valence-corrected chi connectivity index (χ4v) is 1.73. The Labute approximate surface area is 157 Å². The van der Waals surface area contributed by atoms with Crippen molar-refractivity contribution >= 4 is 11.8 Å². The van der Waals surface area contributed by atoms with Crippen LogP contribution in [0, 0.1) is 0 Å². The highest BCUT2D eigenvalue weighted by molar-refractivity contribution is 5.93. The number of hydrazine groups is 1. The van der Waals surface area contributed by atoms with Crippen molar-refractivity contribution in [3.63, 3.8) is 0 Å². The molecule has 4 N–H and O–H groups in total. The standard InChI is InChI=1S/C16H27N5O6/c1-24-5-6-26-9-10-27-8-7-25-4-2-3-20-21-16(23)14-12-18-13(11-19-14)15(17)22/h11-12,20H,2-10H2,1H3,(H2,17,22)(H,21,23). The summed E-state index contributed by atoms with van der Waals surface area (Å²) < 4.78 is 20.8. The Morgan fingerprint density at radius 1 is 0.926 bits per heavy atom. The Hall–Kier alpha value is -2.18. The summed E-state index contributed by atoms with van der Waals surface area (Å²) in [6.45, 7) is 4.23. The highest BCUT2D eigenvalue weighted by Crippen LogP contribution is 1.94. The highest BCUT2D eigenvalue weighted by atomic mass is 16.6. The SMILES string of the molecule is COCCOCCOCCOCCCNNC(=O)c1cnc(C(N)=O)cn1. The van der Waals surface area contributed by atoms with Crippen molar-refractivity contribution in [2.75, 3.05) is 59.9 Å². The van der Waals surface area contributed by atoms with Gasteiger partial charge in [0.2, 0.25) is 0 Å². The van der Waals surface area contributed by atoms with Crippen molar-refractivity contribution < 1.29 is 28.5 Å². The van der Waals surface area contributed by atoms with Crippen molar-refractivity contribution in [1.29, 1.82) is 0 Å². The lowest BCUT2D eigenvalue weighted by Crippen LogP contribution is -2.38. The minimum atomic E-state index is -0.701. The van der Waals surface area contributed by atoms with Crippen molar-refractivity contribution in [2.45, 2.75) is 6.42 Å². The molecule has 0 atom stereocenters. The molecule has 0 radical (unpaired) electrons. The Morgan fingerprint density at radius 3 is 2.04 bits per heavy atom. The number of nitrogens with two attached hydrogens (primary N) is 1. The number of hydrogen-bond acceptors (Lipinski definition) is 9. The number of ether oxygens (including phenoxy) is 4. The maximum absolute atomic E-state index is 11.8. The number of aromatic nitrogens is 2. The predicted molar refractivity (Wildman–Crippen MR) is 95.0 cm³/mol. The topological polar surface area (TPSA) is 147 Å². The lowest BCUT2D eigenvalue weighted by atomic mass is 10.4. The van der Waals surface area contributed by atoms with Crippen LogP contribution in [-0.2, 0) is 18.9 Å². The lowest BCUT2D eigenvalue weighted by Gasteiger charge is -2.08. The number of carbonyl (C=O) groups excluding carboxylic acids is 2. The second-order valence-electron chi connectivity index (χ2n) is 5.22. The van der Waals surface area contributed by atoms with E-state index in [2.05, 4.69) is 20.8 Å². The first-order valence-electron chi connectivity index (χ1n) is 8.52. The second kappa shape index (κ2) is 14.9. The number of nitrogens with zero attached hydrogens (tertiary/aromatic N) is 2. The minimum absolute atomic E-state index is 0.000688. The van der Waals surface area contributed by atoms with Crippen LogP contribution in [0.15, 0.2) is 12.4 Å². The highest BCUT2D eigenvalue weighted by Gasteiger charge is 2.09. The van der Waals surface area contributed by atoms with Gasteiger partial charge in [0.25, 0.3) is 11.8 Å². The first kappa shape index (κ1) is 22.9. The van der Waals surface area contributed by atoms with E-state index < -0.39 is 11.8 Å². The van der Waals surface area contributed by atoms with E-state index in [1.807, 2.05) is 0 Å². The minimum Gasteiger partial charge on any atom is -0.382 e. The van der Waals surface area contributed by atoms with Gasteiger partial charge in [-0.15, -0.1) is 0 Å². The molecule has 0 saturated heterocycles. The summed E-state index contributed by atoms with van der Waals surface area (Å²) in [6, 6.07) is 0. The van der Waals surface area contributed by atoms with Crippen LogP contribution in [-0.4, -0.2) is 81.7 Å². The summed E-state index contributed by atoms with van der Waals surface area (Å²) in [4.78, 5) is 30.2. The van der Waals surface area contributed by atoms with Gasteiger partial charge in [-0.2, -0.15) is 0 Å². The van der Waals surface area contributed by atoms with Gasteiger partial charge in [0.15, 0.2) is 0 Å². The smallest absolute Gasteiger partial charge is 0.285 e. The number of carbonyl (C=O) groups is 2. The van der Waals surface area contributed by atoms with Gasteiger partial charge < -0.3 is 24.7 Å². The van der Waals surface area contributed by atoms with Crippen LogP contribution < -0.4 is 16.6 Å². The largest absolute Gasteiger partial charge is 0.382 e. The third-order valence-corrected chi connectivity index (χ3v) is 3.11. The molecular weight excluding hydrogens is 358 g/mol. The fraction of sp³-hybridized carbons (Fsp3) is 0.625. The molecule has 0 aromatic carbocycles. The second-order valence-corrected chi connectivity index (χ2v) is 5.22. The molecule has 0 spiro atoms. The maximum Gasteiger partial charge on any atom is 0.285 e. The van der Waals surface area contributed by atoms with Crippen LogP contribution in [0.1, 0.15) is 27.4 Å². The molecule has 0 aliphatic heterocycles. The summed E-state index contributed by atoms with van der Waals surface area (Å²) in [5.41, 5.74) is 10.4. The van der Waals surface area contributed by atoms with Crippen LogP contribution in [0.4, 0.5) is 0 Å². The number of nitrogens with one attached hydrogen (secondary N) is 2. The molecule has 11 heteroatoms. The maximum atomic E-state index is 11.8. The zero-order valence-corrected chi connectivity index (χ0v) is 15.4. The average Bonchev–Trinajstić information content (AvgIpc) is 2.68. The van der Waals surface area contributed by atoms with Gasteiger partial charge in [-0.05, 0) is 6.42 Å². The van der Waals surface area contributed by atoms with E-state index in [0.717, 1.165) is 6.20 Å². The van der Waals surface area contributed by atoms with Gasteiger partial charge in [-0.25, -0.2) is 15.4 Å². The molecule has 0 saturated carbocycles. The number of rotatable bonds is 16. The monoisotopic (exact) mass is 385 g/mol. The summed E-state index contributed by atoms with van der Waals surface area (Å²) in [6.07, 6.45) is 3.04. The molecule has 0 aliphatic carbocycles. The first-order valence-corrected chi connectivity index (χ1v) is 8.52. The molecule has 0 bridgehead atoms. The first-order chi connectivity index (χ1) is 13.1. The van der Waals surface area contributed by atoms with Gasteiger partial charge in [-0.3, -0.25) is 15.0 Å². The Balaban J connectivity index is 1.92. The van der Waals surface area contributed by atoms with E-state index in [4.69, 9.17) is 24.7 Å². The third kappa shape index (κ3) is 11.2. The fourth-order valence-electron chi connectivity index (χ4n) is 1.73. The van der Waals surface area contributed by atoms with Crippen molar-refractivity contribution in [1.82, 2.24) is 20.8 Å². The molecule has 0 aliphatic rings. The normalized spacial score (nSPS) is 10.7. The van der Waals surface area contributed by atoms with Gasteiger partial charge in [0.1, 0.15) is 11.4 Å². The number of amides is 2. The van der Waals surface area contributed by atoms with Crippen molar-refractivity contribution in [3.05, 3.63) is 23.8 Å². The van der Waals surface area contributed by atoms with Crippen LogP contribution in [0.3, 0.4) is 0 Å². The molecular formula is C16H27N5O6. The summed E-state index contributed by atoms with van der Waals surface area (Å²) in [5, 5.41) is 0. The lowest BCUT2D eigenvalue weighted by molar-refractivity contribution is 0.00340. The summed E-state index contributed by atoms with van der Waals surface area (Å²) in [5.74, 6) is -1.16. The number of methoxy groups -OCH3 is 1. The molecule has 27 heavy (non-hydrogen) atoms. The van der Waals surface area contributed by atoms with Gasteiger partial charge in [0, 0.05) is 20.3 Å². The number of hydrogen-bond donors (Lipinski definition) is 3. The third-order valence-electron chi connectivity index (χ3n) is 3.11. The number of primary amides is 1. The Kier molecular flexibility index (Phi) is 12.6. The average molecular weight is 385 g/mol. The molecule has 1 rings (SSSR count). The van der Waals surface area contributed by atoms with Crippen molar-refractivity contribution in [2.24, 2.45) is 5.73 Å². The van der Waals surface area contributed by atoms with Crippen LogP contribution in [0.25, 0.3) is 0 Å². The molecule has 1 heterocycles. The molecule has 2 amide bonds. The van der Waals surface area contributed by atoms with E-state index in [1.54, 1.807) is 7.11 Å². The van der Waals surface area contributed by atoms with E-state index in [1.165, 1.54) is 6.20 Å². The van der Waals surface area contributed by atoms with Gasteiger partial charge in [0.05, 0.1) is 52.0 Å². The van der Waals surface area contributed by atoms with Gasteiger partial charge >= 0.3 is 0 Å². The predicted octanol–water partition coefficient (Wildman–Crippen LogP) is -1.10. The Bertz CT molecular complexity index is 543. The molecule has 1 aromatic heterocycles. The molecule has 152 valence electrons. The van der Waals surface area contributed by atoms with Gasteiger partial charge in [-0.1, -0.05) is 0 Å². The molecule has 0 fully saturated rings. The summed E-state index contributed by atoms with van der Waals surface area (Å²) in [7, 11) is 1.63. The molecule has 1 aromatic rings. The van der Waals surface area contributed by atoms with Crippen LogP contribution >= 0.6 is 0 Å². The van der Waals surface area contributed by atoms with Crippen LogP contribution in [0.5, 0.6) is 0 Å². The van der Waals surface area contributed by atoms with E-state index in [0.29, 0.717) is 59.2 Å². The zero-order chi connectivity index (χ0) is 19.7.